The van der Waals surface area contributed by atoms with Gasteiger partial charge in [0.25, 0.3) is 11.8 Å². The topological polar surface area (TPSA) is 110 Å². The number of carbonyl (C=O) groups is 4. The van der Waals surface area contributed by atoms with Gasteiger partial charge in [-0.1, -0.05) is 30.3 Å². The number of carbonyl (C=O) groups excluding carboxylic acids is 4. The number of urea groups is 1. The molecule has 0 atom stereocenters. The number of ether oxygens (including phenoxy) is 1. The third-order valence-electron chi connectivity index (χ3n) is 5.42. The Bertz CT molecular complexity index is 1320. The molecule has 0 aliphatic carbocycles. The monoisotopic (exact) mass is 460 g/mol. The Labute approximate surface area is 196 Å². The number of hydrogen-bond acceptors (Lipinski definition) is 5. The van der Waals surface area contributed by atoms with Crippen molar-refractivity contribution in [3.8, 4) is 0 Å². The molecular formula is C25H24N4O5. The van der Waals surface area contributed by atoms with Gasteiger partial charge in [0.2, 0.25) is 5.91 Å². The Kier molecular flexibility index (Phi) is 6.55. The average Bonchev–Trinajstić information content (AvgIpc) is 3.14. The Balaban J connectivity index is 1.70. The lowest BCUT2D eigenvalue weighted by atomic mass is 10.1. The van der Waals surface area contributed by atoms with Crippen LogP contribution in [0.4, 0.5) is 10.5 Å². The zero-order chi connectivity index (χ0) is 24.2. The van der Waals surface area contributed by atoms with Gasteiger partial charge in [-0.25, -0.2) is 9.69 Å². The van der Waals surface area contributed by atoms with E-state index in [0.717, 1.165) is 21.4 Å². The van der Waals surface area contributed by atoms with Crippen molar-refractivity contribution in [2.45, 2.75) is 13.5 Å². The highest BCUT2D eigenvalue weighted by molar-refractivity contribution is 6.39. The van der Waals surface area contributed by atoms with Gasteiger partial charge in [0.05, 0.1) is 12.3 Å². The first-order chi connectivity index (χ1) is 16.4. The van der Waals surface area contributed by atoms with E-state index in [0.29, 0.717) is 24.4 Å². The van der Waals surface area contributed by atoms with E-state index < -0.39 is 17.8 Å². The molecule has 0 radical (unpaired) electrons. The minimum atomic E-state index is -0.798. The predicted molar refractivity (Wildman–Crippen MR) is 127 cm³/mol. The van der Waals surface area contributed by atoms with Crippen molar-refractivity contribution in [3.05, 3.63) is 71.4 Å². The highest BCUT2D eigenvalue weighted by atomic mass is 16.5. The molecule has 0 bridgehead atoms. The van der Waals surface area contributed by atoms with Crippen molar-refractivity contribution in [2.75, 3.05) is 25.2 Å². The highest BCUT2D eigenvalue weighted by Gasteiger charge is 2.37. The van der Waals surface area contributed by atoms with E-state index in [9.17, 15) is 19.2 Å². The second kappa shape index (κ2) is 9.72. The van der Waals surface area contributed by atoms with Gasteiger partial charge in [0.15, 0.2) is 0 Å². The molecule has 2 N–H and O–H groups in total. The molecule has 9 heteroatoms. The molecule has 1 aliphatic rings. The summed E-state index contributed by atoms with van der Waals surface area (Å²) in [4.78, 5) is 51.6. The van der Waals surface area contributed by atoms with Crippen molar-refractivity contribution in [1.82, 2.24) is 15.2 Å². The fourth-order valence-corrected chi connectivity index (χ4v) is 3.84. The molecule has 1 aromatic heterocycles. The van der Waals surface area contributed by atoms with E-state index in [1.165, 1.54) is 6.08 Å². The maximum atomic E-state index is 13.2. The number of para-hydroxylation sites is 1. The normalized spacial score (nSPS) is 15.2. The molecule has 2 heterocycles. The van der Waals surface area contributed by atoms with Gasteiger partial charge in [0, 0.05) is 36.3 Å². The maximum absolute atomic E-state index is 13.2. The quantitative estimate of drug-likeness (QED) is 0.320. The molecule has 174 valence electrons. The SMILES string of the molecule is COCCNC(=O)Cn1cc(/C=C2\C(=O)NC(=O)N(c3cccc(C)c3)C2=O)c2ccccc21. The van der Waals surface area contributed by atoms with E-state index >= 15 is 0 Å². The van der Waals surface area contributed by atoms with Crippen molar-refractivity contribution in [2.24, 2.45) is 0 Å². The van der Waals surface area contributed by atoms with E-state index in [-0.39, 0.29) is 18.0 Å². The van der Waals surface area contributed by atoms with Crippen LogP contribution in [0.25, 0.3) is 17.0 Å². The van der Waals surface area contributed by atoms with Crippen LogP contribution in [0.5, 0.6) is 0 Å². The Hall–Kier alpha value is -4.24. The molecule has 4 rings (SSSR count). The summed E-state index contributed by atoms with van der Waals surface area (Å²) in [7, 11) is 1.56. The van der Waals surface area contributed by atoms with Crippen LogP contribution in [0.2, 0.25) is 0 Å². The van der Waals surface area contributed by atoms with Crippen LogP contribution < -0.4 is 15.5 Å². The smallest absolute Gasteiger partial charge is 0.335 e. The van der Waals surface area contributed by atoms with E-state index in [2.05, 4.69) is 10.6 Å². The number of rotatable bonds is 7. The Morgan fingerprint density at radius 1 is 1.12 bits per heavy atom. The molecule has 2 aromatic carbocycles. The van der Waals surface area contributed by atoms with Gasteiger partial charge >= 0.3 is 6.03 Å². The van der Waals surface area contributed by atoms with Crippen LogP contribution in [0, 0.1) is 6.92 Å². The third kappa shape index (κ3) is 4.60. The number of benzene rings is 2. The lowest BCUT2D eigenvalue weighted by molar-refractivity contribution is -0.123. The number of anilines is 1. The van der Waals surface area contributed by atoms with Crippen LogP contribution >= 0.6 is 0 Å². The molecule has 3 aromatic rings. The number of nitrogens with one attached hydrogen (secondary N) is 2. The molecule has 9 nitrogen and oxygen atoms in total. The molecule has 0 unspecified atom stereocenters. The highest BCUT2D eigenvalue weighted by Crippen LogP contribution is 2.27. The molecule has 0 saturated carbocycles. The zero-order valence-electron chi connectivity index (χ0n) is 18.8. The minimum Gasteiger partial charge on any atom is -0.383 e. The largest absolute Gasteiger partial charge is 0.383 e. The summed E-state index contributed by atoms with van der Waals surface area (Å²) in [5, 5.41) is 5.78. The first-order valence-corrected chi connectivity index (χ1v) is 10.7. The fraction of sp³-hybridized carbons (Fsp3) is 0.200. The van der Waals surface area contributed by atoms with Crippen LogP contribution in [0.3, 0.4) is 0 Å². The number of fused-ring (bicyclic) bond motifs is 1. The van der Waals surface area contributed by atoms with E-state index in [4.69, 9.17) is 4.74 Å². The van der Waals surface area contributed by atoms with Gasteiger partial charge in [-0.05, 0) is 36.8 Å². The Morgan fingerprint density at radius 3 is 2.68 bits per heavy atom. The van der Waals surface area contributed by atoms with Crippen LogP contribution in [-0.4, -0.2) is 48.6 Å². The number of imide groups is 2. The molecule has 0 spiro atoms. The molecule has 1 aliphatic heterocycles. The average molecular weight is 460 g/mol. The van der Waals surface area contributed by atoms with Gasteiger partial charge < -0.3 is 14.6 Å². The van der Waals surface area contributed by atoms with Crippen LogP contribution in [0.15, 0.2) is 60.3 Å². The standard InChI is InChI=1S/C25H24N4O5/c1-16-6-5-7-18(12-16)29-24(32)20(23(31)27-25(29)33)13-17-14-28(15-22(30)26-10-11-34-2)21-9-4-3-8-19(17)21/h3-9,12-14H,10-11,15H2,1-2H3,(H,26,30)(H,27,31,33)/b20-13+. The number of nitrogens with zero attached hydrogens (tertiary/aromatic N) is 2. The minimum absolute atomic E-state index is 0.0570. The molecule has 34 heavy (non-hydrogen) atoms. The Morgan fingerprint density at radius 2 is 1.91 bits per heavy atom. The second-order valence-electron chi connectivity index (χ2n) is 7.87. The van der Waals surface area contributed by atoms with Crippen LogP contribution in [0.1, 0.15) is 11.1 Å². The van der Waals surface area contributed by atoms with Gasteiger partial charge in [0.1, 0.15) is 12.1 Å². The van der Waals surface area contributed by atoms with Gasteiger partial charge in [-0.2, -0.15) is 0 Å². The lowest BCUT2D eigenvalue weighted by Gasteiger charge is -2.26. The van der Waals surface area contributed by atoms with Crippen molar-refractivity contribution in [3.63, 3.8) is 0 Å². The first kappa shape index (κ1) is 22.9. The van der Waals surface area contributed by atoms with Crippen molar-refractivity contribution in [1.29, 1.82) is 0 Å². The first-order valence-electron chi connectivity index (χ1n) is 10.7. The molecule has 1 fully saturated rings. The van der Waals surface area contributed by atoms with Crippen molar-refractivity contribution >= 4 is 46.4 Å². The number of aryl methyl sites for hydroxylation is 1. The summed E-state index contributed by atoms with van der Waals surface area (Å²) in [6.07, 6.45) is 3.16. The maximum Gasteiger partial charge on any atom is 0.335 e. The van der Waals surface area contributed by atoms with E-state index in [1.807, 2.05) is 37.3 Å². The lowest BCUT2D eigenvalue weighted by Crippen LogP contribution is -2.54. The zero-order valence-corrected chi connectivity index (χ0v) is 18.8. The second-order valence-corrected chi connectivity index (χ2v) is 7.87. The summed E-state index contributed by atoms with van der Waals surface area (Å²) >= 11 is 0. The summed E-state index contributed by atoms with van der Waals surface area (Å²) in [5.41, 5.74) is 2.42. The van der Waals surface area contributed by atoms with Gasteiger partial charge in [-0.3, -0.25) is 19.7 Å². The third-order valence-corrected chi connectivity index (χ3v) is 5.42. The summed E-state index contributed by atoms with van der Waals surface area (Å²) < 4.78 is 6.70. The fourth-order valence-electron chi connectivity index (χ4n) is 3.84. The number of aromatic nitrogens is 1. The van der Waals surface area contributed by atoms with E-state index in [1.54, 1.807) is 36.1 Å². The predicted octanol–water partition coefficient (Wildman–Crippen LogP) is 2.38. The van der Waals surface area contributed by atoms with Gasteiger partial charge in [-0.15, -0.1) is 0 Å². The summed E-state index contributed by atoms with van der Waals surface area (Å²) in [6, 6.07) is 13.5. The summed E-state index contributed by atoms with van der Waals surface area (Å²) in [6.45, 7) is 2.70. The molecular weight excluding hydrogens is 436 g/mol. The number of hydrogen-bond donors (Lipinski definition) is 2. The van der Waals surface area contributed by atoms with Crippen LogP contribution in [-0.2, 0) is 25.7 Å². The number of amides is 5. The molecule has 5 amide bonds. The number of barbiturate groups is 1. The van der Waals surface area contributed by atoms with Crippen molar-refractivity contribution < 1.29 is 23.9 Å². The molecule has 1 saturated heterocycles. The number of methoxy groups -OCH3 is 1. The summed E-state index contributed by atoms with van der Waals surface area (Å²) in [5.74, 6) is -1.68.